The molecule has 2 atom stereocenters. The standard InChI is InChI=1S/C17H24FN5/c1-13(14-4-6-15(18)7-5-14)16-12-20-17(2,22-21-16)19-8-11-23-9-3-10-23/h4-7,12-13,19,22H,3,8-11H2,1-2H3/t13?,17-/m1/s1. The molecule has 2 N–H and O–H groups in total. The molecule has 2 aliphatic rings. The normalized spacial score (nSPS) is 25.4. The van der Waals surface area contributed by atoms with Crippen molar-refractivity contribution in [2.75, 3.05) is 26.2 Å². The third-order valence-electron chi connectivity index (χ3n) is 4.52. The number of hydrogen-bond donors (Lipinski definition) is 2. The molecule has 3 rings (SSSR count). The Labute approximate surface area is 136 Å². The van der Waals surface area contributed by atoms with E-state index in [1.165, 1.54) is 31.6 Å². The molecule has 1 saturated heterocycles. The van der Waals surface area contributed by atoms with Crippen molar-refractivity contribution in [1.82, 2.24) is 15.6 Å². The van der Waals surface area contributed by atoms with Crippen molar-refractivity contribution in [3.05, 3.63) is 35.6 Å². The second-order valence-electron chi connectivity index (χ2n) is 6.37. The molecule has 2 aliphatic heterocycles. The van der Waals surface area contributed by atoms with E-state index in [1.807, 2.05) is 13.8 Å². The molecule has 0 radical (unpaired) electrons. The Morgan fingerprint density at radius 3 is 2.65 bits per heavy atom. The molecular formula is C17H24FN5. The fourth-order valence-electron chi connectivity index (χ4n) is 2.71. The number of aliphatic imine (C=N–C) groups is 1. The third-order valence-corrected chi connectivity index (χ3v) is 4.52. The topological polar surface area (TPSA) is 52.0 Å². The number of hydrogen-bond acceptors (Lipinski definition) is 5. The monoisotopic (exact) mass is 317 g/mol. The van der Waals surface area contributed by atoms with Gasteiger partial charge >= 0.3 is 0 Å². The Balaban J connectivity index is 1.54. The van der Waals surface area contributed by atoms with Crippen molar-refractivity contribution in [1.29, 1.82) is 0 Å². The maximum atomic E-state index is 13.0. The maximum Gasteiger partial charge on any atom is 0.196 e. The lowest BCUT2D eigenvalue weighted by molar-refractivity contribution is 0.171. The maximum absolute atomic E-state index is 13.0. The van der Waals surface area contributed by atoms with E-state index in [0.29, 0.717) is 0 Å². The summed E-state index contributed by atoms with van der Waals surface area (Å²) in [6.07, 6.45) is 3.11. The Morgan fingerprint density at radius 1 is 1.35 bits per heavy atom. The summed E-state index contributed by atoms with van der Waals surface area (Å²) in [5, 5.41) is 7.86. The summed E-state index contributed by atoms with van der Waals surface area (Å²) in [5.41, 5.74) is 4.97. The summed E-state index contributed by atoms with van der Waals surface area (Å²) < 4.78 is 13.0. The largest absolute Gasteiger partial charge is 0.302 e. The Morgan fingerprint density at radius 2 is 2.09 bits per heavy atom. The molecule has 1 fully saturated rings. The molecule has 2 heterocycles. The van der Waals surface area contributed by atoms with Crippen molar-refractivity contribution in [3.63, 3.8) is 0 Å². The van der Waals surface area contributed by atoms with Crippen LogP contribution in [0.25, 0.3) is 0 Å². The van der Waals surface area contributed by atoms with Crippen LogP contribution in [0.15, 0.2) is 34.4 Å². The zero-order valence-electron chi connectivity index (χ0n) is 13.7. The van der Waals surface area contributed by atoms with Gasteiger partial charge in [0.1, 0.15) is 5.82 Å². The molecule has 0 amide bonds. The van der Waals surface area contributed by atoms with E-state index in [1.54, 1.807) is 18.3 Å². The Kier molecular flexibility index (Phi) is 4.73. The predicted molar refractivity (Wildman–Crippen MR) is 91.3 cm³/mol. The second-order valence-corrected chi connectivity index (χ2v) is 6.37. The molecule has 1 aromatic rings. The molecule has 1 aromatic carbocycles. The van der Waals surface area contributed by atoms with Crippen LogP contribution in [0.5, 0.6) is 0 Å². The van der Waals surface area contributed by atoms with Crippen molar-refractivity contribution >= 4 is 11.9 Å². The first kappa shape index (κ1) is 16.1. The van der Waals surface area contributed by atoms with Crippen LogP contribution in [0, 0.1) is 5.82 Å². The minimum Gasteiger partial charge on any atom is -0.302 e. The molecule has 23 heavy (non-hydrogen) atoms. The summed E-state index contributed by atoms with van der Waals surface area (Å²) >= 11 is 0. The van der Waals surface area contributed by atoms with Crippen molar-refractivity contribution in [2.24, 2.45) is 10.1 Å². The summed E-state index contributed by atoms with van der Waals surface area (Å²) in [7, 11) is 0. The zero-order chi connectivity index (χ0) is 16.3. The average molecular weight is 317 g/mol. The van der Waals surface area contributed by atoms with E-state index in [9.17, 15) is 4.39 Å². The van der Waals surface area contributed by atoms with E-state index >= 15 is 0 Å². The average Bonchev–Trinajstić information content (AvgIpc) is 2.51. The number of benzene rings is 1. The van der Waals surface area contributed by atoms with E-state index in [-0.39, 0.29) is 11.7 Å². The number of nitrogens with zero attached hydrogens (tertiary/aromatic N) is 3. The minimum atomic E-state index is -0.559. The molecule has 5 nitrogen and oxygen atoms in total. The summed E-state index contributed by atoms with van der Waals surface area (Å²) in [5.74, 6) is -0.716. The molecule has 0 bridgehead atoms. The van der Waals surface area contributed by atoms with Crippen LogP contribution in [-0.2, 0) is 0 Å². The van der Waals surface area contributed by atoms with E-state index < -0.39 is 5.79 Å². The van der Waals surface area contributed by atoms with Gasteiger partial charge in [0.25, 0.3) is 0 Å². The zero-order valence-corrected chi connectivity index (χ0v) is 13.7. The number of halogens is 1. The van der Waals surface area contributed by atoms with Gasteiger partial charge in [-0.1, -0.05) is 19.1 Å². The number of rotatable bonds is 6. The lowest BCUT2D eigenvalue weighted by atomic mass is 9.96. The first-order chi connectivity index (χ1) is 11.1. The van der Waals surface area contributed by atoms with E-state index in [0.717, 1.165) is 24.4 Å². The smallest absolute Gasteiger partial charge is 0.196 e. The first-order valence-electron chi connectivity index (χ1n) is 8.18. The highest BCUT2D eigenvalue weighted by molar-refractivity contribution is 6.33. The molecular weight excluding hydrogens is 293 g/mol. The quantitative estimate of drug-likeness (QED) is 0.843. The molecule has 124 valence electrons. The van der Waals surface area contributed by atoms with Crippen molar-refractivity contribution in [2.45, 2.75) is 32.0 Å². The number of hydrazone groups is 1. The molecule has 1 unspecified atom stereocenters. The van der Waals surface area contributed by atoms with Crippen LogP contribution >= 0.6 is 0 Å². The summed E-state index contributed by atoms with van der Waals surface area (Å²) in [6, 6.07) is 6.52. The van der Waals surface area contributed by atoms with Gasteiger partial charge in [0.05, 0.1) is 5.71 Å². The van der Waals surface area contributed by atoms with Crippen molar-refractivity contribution in [3.8, 4) is 0 Å². The molecule has 6 heteroatoms. The minimum absolute atomic E-state index is 0.0671. The second kappa shape index (κ2) is 6.76. The molecule has 0 spiro atoms. The van der Waals surface area contributed by atoms with Gasteiger partial charge in [-0.15, -0.1) is 0 Å². The van der Waals surface area contributed by atoms with Crippen LogP contribution in [0.2, 0.25) is 0 Å². The Bertz CT molecular complexity index is 594. The van der Waals surface area contributed by atoms with Gasteiger partial charge in [0, 0.05) is 25.2 Å². The van der Waals surface area contributed by atoms with Gasteiger partial charge < -0.3 is 4.90 Å². The van der Waals surface area contributed by atoms with Crippen LogP contribution in [0.4, 0.5) is 4.39 Å². The first-order valence-corrected chi connectivity index (χ1v) is 8.18. The van der Waals surface area contributed by atoms with Gasteiger partial charge in [0.15, 0.2) is 5.79 Å². The van der Waals surface area contributed by atoms with Gasteiger partial charge in [-0.25, -0.2) is 9.38 Å². The Hall–Kier alpha value is -1.79. The van der Waals surface area contributed by atoms with Gasteiger partial charge in [-0.05, 0) is 44.1 Å². The number of likely N-dealkylation sites (tertiary alicyclic amines) is 1. The summed E-state index contributed by atoms with van der Waals surface area (Å²) in [4.78, 5) is 6.99. The lowest BCUT2D eigenvalue weighted by Crippen LogP contribution is -2.55. The fraction of sp³-hybridized carbons (Fsp3) is 0.529. The highest BCUT2D eigenvalue weighted by Crippen LogP contribution is 2.19. The highest BCUT2D eigenvalue weighted by Gasteiger charge is 2.26. The van der Waals surface area contributed by atoms with Crippen LogP contribution in [-0.4, -0.2) is 48.8 Å². The molecule has 0 saturated carbocycles. The number of nitrogens with one attached hydrogen (secondary N) is 2. The SMILES string of the molecule is CC(C1=NN[C@](C)(NCCN2CCC2)N=C1)c1ccc(F)cc1. The molecule has 0 aliphatic carbocycles. The third kappa shape index (κ3) is 3.95. The van der Waals surface area contributed by atoms with Crippen LogP contribution in [0.1, 0.15) is 31.7 Å². The van der Waals surface area contributed by atoms with Crippen molar-refractivity contribution < 1.29 is 4.39 Å². The van der Waals surface area contributed by atoms with Gasteiger partial charge in [-0.2, -0.15) is 5.10 Å². The van der Waals surface area contributed by atoms with Gasteiger partial charge in [0.2, 0.25) is 0 Å². The van der Waals surface area contributed by atoms with Gasteiger partial charge in [-0.3, -0.25) is 10.7 Å². The highest BCUT2D eigenvalue weighted by atomic mass is 19.1. The van der Waals surface area contributed by atoms with Crippen LogP contribution in [0.3, 0.4) is 0 Å². The predicted octanol–water partition coefficient (Wildman–Crippen LogP) is 1.93. The summed E-state index contributed by atoms with van der Waals surface area (Å²) in [6.45, 7) is 8.33. The van der Waals surface area contributed by atoms with Crippen LogP contribution < -0.4 is 10.7 Å². The fourth-order valence-corrected chi connectivity index (χ4v) is 2.71. The lowest BCUT2D eigenvalue weighted by Gasteiger charge is -2.34. The molecule has 0 aromatic heterocycles. The van der Waals surface area contributed by atoms with E-state index in [4.69, 9.17) is 0 Å². The van der Waals surface area contributed by atoms with E-state index in [2.05, 4.69) is 25.7 Å².